The van der Waals surface area contributed by atoms with E-state index in [4.69, 9.17) is 11.6 Å². The number of benzene rings is 1. The summed E-state index contributed by atoms with van der Waals surface area (Å²) in [6.07, 6.45) is 0.629. The first-order valence-corrected chi connectivity index (χ1v) is 4.84. The molecule has 0 amide bonds. The van der Waals surface area contributed by atoms with Gasteiger partial charge in [0.15, 0.2) is 11.6 Å². The molecular formula is C11H11ClFNO. The highest BCUT2D eigenvalue weighted by Crippen LogP contribution is 2.24. The van der Waals surface area contributed by atoms with Gasteiger partial charge in [0.1, 0.15) is 0 Å². The fourth-order valence-corrected chi connectivity index (χ4v) is 1.21. The molecular weight excluding hydrogens is 217 g/mol. The Bertz CT molecular complexity index is 409. The third-order valence-electron chi connectivity index (χ3n) is 1.75. The van der Waals surface area contributed by atoms with Gasteiger partial charge in [0.25, 0.3) is 0 Å². The molecule has 2 nitrogen and oxygen atoms in total. The van der Waals surface area contributed by atoms with Gasteiger partial charge in [0.2, 0.25) is 0 Å². The molecule has 1 aromatic rings. The summed E-state index contributed by atoms with van der Waals surface area (Å²) >= 11 is 5.63. The van der Waals surface area contributed by atoms with Crippen molar-refractivity contribution in [2.24, 2.45) is 0 Å². The molecule has 1 rings (SSSR count). The molecule has 0 heterocycles. The van der Waals surface area contributed by atoms with E-state index in [0.717, 1.165) is 12.6 Å². The van der Waals surface area contributed by atoms with Crippen molar-refractivity contribution in [3.8, 4) is 17.6 Å². The van der Waals surface area contributed by atoms with Crippen molar-refractivity contribution in [1.82, 2.24) is 5.32 Å². The van der Waals surface area contributed by atoms with Gasteiger partial charge in [-0.2, -0.15) is 0 Å². The smallest absolute Gasteiger partial charge is 0.167 e. The van der Waals surface area contributed by atoms with Gasteiger partial charge in [-0.1, -0.05) is 23.4 Å². The Morgan fingerprint density at radius 1 is 1.53 bits per heavy atom. The summed E-state index contributed by atoms with van der Waals surface area (Å²) in [5.74, 6) is 4.27. The van der Waals surface area contributed by atoms with Crippen LogP contribution in [-0.2, 0) is 0 Å². The first kappa shape index (κ1) is 11.8. The lowest BCUT2D eigenvalue weighted by Gasteiger charge is -1.99. The average Bonchev–Trinajstić information content (AvgIpc) is 2.19. The highest BCUT2D eigenvalue weighted by molar-refractivity contribution is 6.30. The SMILES string of the molecule is CNCCC#Cc1cc(Cl)cc(F)c1O. The number of phenols is 1. The second-order valence-electron chi connectivity index (χ2n) is 2.94. The third kappa shape index (κ3) is 3.43. The van der Waals surface area contributed by atoms with Crippen molar-refractivity contribution in [2.75, 3.05) is 13.6 Å². The van der Waals surface area contributed by atoms with Gasteiger partial charge in [0.05, 0.1) is 5.56 Å². The summed E-state index contributed by atoms with van der Waals surface area (Å²) in [6, 6.07) is 2.49. The molecule has 0 unspecified atom stereocenters. The summed E-state index contributed by atoms with van der Waals surface area (Å²) in [7, 11) is 1.82. The molecule has 0 spiro atoms. The molecule has 0 atom stereocenters. The molecule has 0 fully saturated rings. The minimum absolute atomic E-state index is 0.219. The van der Waals surface area contributed by atoms with E-state index < -0.39 is 11.6 Å². The summed E-state index contributed by atoms with van der Waals surface area (Å²) in [4.78, 5) is 0. The topological polar surface area (TPSA) is 32.3 Å². The molecule has 0 aromatic heterocycles. The highest BCUT2D eigenvalue weighted by atomic mass is 35.5. The molecule has 1 aromatic carbocycles. The summed E-state index contributed by atoms with van der Waals surface area (Å²) in [6.45, 7) is 0.747. The van der Waals surface area contributed by atoms with E-state index in [1.165, 1.54) is 6.07 Å². The molecule has 0 bridgehead atoms. The van der Waals surface area contributed by atoms with Gasteiger partial charge in [-0.3, -0.25) is 0 Å². The van der Waals surface area contributed by atoms with E-state index in [1.54, 1.807) is 0 Å². The fraction of sp³-hybridized carbons (Fsp3) is 0.273. The van der Waals surface area contributed by atoms with E-state index in [0.29, 0.717) is 6.42 Å². The molecule has 15 heavy (non-hydrogen) atoms. The van der Waals surface area contributed by atoms with Crippen LogP contribution in [0.15, 0.2) is 12.1 Å². The maximum Gasteiger partial charge on any atom is 0.167 e. The number of nitrogens with one attached hydrogen (secondary N) is 1. The largest absolute Gasteiger partial charge is 0.504 e. The fourth-order valence-electron chi connectivity index (χ4n) is 1.01. The number of hydrogen-bond donors (Lipinski definition) is 2. The predicted octanol–water partition coefficient (Wildman–Crippen LogP) is 2.15. The Morgan fingerprint density at radius 2 is 2.27 bits per heavy atom. The zero-order valence-corrected chi connectivity index (χ0v) is 9.03. The van der Waals surface area contributed by atoms with Gasteiger partial charge in [-0.25, -0.2) is 4.39 Å². The minimum atomic E-state index is -0.750. The van der Waals surface area contributed by atoms with Crippen LogP contribution in [0.25, 0.3) is 0 Å². The number of rotatable bonds is 2. The Hall–Kier alpha value is -1.24. The zero-order chi connectivity index (χ0) is 11.3. The first-order chi connectivity index (χ1) is 7.15. The van der Waals surface area contributed by atoms with E-state index in [9.17, 15) is 9.50 Å². The van der Waals surface area contributed by atoms with Crippen LogP contribution in [-0.4, -0.2) is 18.7 Å². The maximum absolute atomic E-state index is 13.0. The monoisotopic (exact) mass is 227 g/mol. The van der Waals surface area contributed by atoms with Crippen LogP contribution in [0.1, 0.15) is 12.0 Å². The molecule has 0 saturated carbocycles. The van der Waals surface area contributed by atoms with Crippen LogP contribution in [0.5, 0.6) is 5.75 Å². The van der Waals surface area contributed by atoms with Gasteiger partial charge in [-0.15, -0.1) is 0 Å². The van der Waals surface area contributed by atoms with Gasteiger partial charge in [0, 0.05) is 18.0 Å². The summed E-state index contributed by atoms with van der Waals surface area (Å²) in [5, 5.41) is 12.5. The molecule has 80 valence electrons. The van der Waals surface area contributed by atoms with Crippen LogP contribution >= 0.6 is 11.6 Å². The quantitative estimate of drug-likeness (QED) is 0.600. The second-order valence-corrected chi connectivity index (χ2v) is 3.38. The Labute approximate surface area is 93.1 Å². The zero-order valence-electron chi connectivity index (χ0n) is 8.27. The van der Waals surface area contributed by atoms with Crippen LogP contribution in [0, 0.1) is 17.7 Å². The number of phenolic OH excluding ortho intramolecular Hbond substituents is 1. The second kappa shape index (κ2) is 5.59. The Balaban J connectivity index is 2.88. The number of aromatic hydroxyl groups is 1. The molecule has 0 saturated heterocycles. The van der Waals surface area contributed by atoms with Crippen LogP contribution in [0.4, 0.5) is 4.39 Å². The lowest BCUT2D eigenvalue weighted by molar-refractivity contribution is 0.431. The predicted molar refractivity (Wildman–Crippen MR) is 58.5 cm³/mol. The lowest BCUT2D eigenvalue weighted by Crippen LogP contribution is -2.05. The third-order valence-corrected chi connectivity index (χ3v) is 1.97. The van der Waals surface area contributed by atoms with Gasteiger partial charge >= 0.3 is 0 Å². The number of halogens is 2. The maximum atomic E-state index is 13.0. The van der Waals surface area contributed by atoms with Crippen molar-refractivity contribution in [3.63, 3.8) is 0 Å². The molecule has 4 heteroatoms. The molecule has 0 aliphatic heterocycles. The van der Waals surface area contributed by atoms with Crippen LogP contribution < -0.4 is 5.32 Å². The summed E-state index contributed by atoms with van der Waals surface area (Å²) in [5.41, 5.74) is 0.219. The molecule has 0 aliphatic carbocycles. The van der Waals surface area contributed by atoms with Crippen molar-refractivity contribution >= 4 is 11.6 Å². The van der Waals surface area contributed by atoms with E-state index in [2.05, 4.69) is 17.2 Å². The van der Waals surface area contributed by atoms with Crippen LogP contribution in [0.3, 0.4) is 0 Å². The Morgan fingerprint density at radius 3 is 2.93 bits per heavy atom. The lowest BCUT2D eigenvalue weighted by atomic mass is 10.2. The van der Waals surface area contributed by atoms with Crippen molar-refractivity contribution < 1.29 is 9.50 Å². The van der Waals surface area contributed by atoms with Crippen molar-refractivity contribution in [3.05, 3.63) is 28.5 Å². The van der Waals surface area contributed by atoms with Gasteiger partial charge < -0.3 is 10.4 Å². The molecule has 0 aliphatic rings. The van der Waals surface area contributed by atoms with Crippen molar-refractivity contribution in [2.45, 2.75) is 6.42 Å². The summed E-state index contributed by atoms with van der Waals surface area (Å²) < 4.78 is 13.0. The van der Waals surface area contributed by atoms with E-state index >= 15 is 0 Å². The van der Waals surface area contributed by atoms with Gasteiger partial charge in [-0.05, 0) is 19.2 Å². The van der Waals surface area contributed by atoms with E-state index in [-0.39, 0.29) is 10.6 Å². The highest BCUT2D eigenvalue weighted by Gasteiger charge is 2.06. The number of hydrogen-bond acceptors (Lipinski definition) is 2. The normalized spacial score (nSPS) is 9.53. The molecule has 0 radical (unpaired) electrons. The van der Waals surface area contributed by atoms with Crippen molar-refractivity contribution in [1.29, 1.82) is 0 Å². The average molecular weight is 228 g/mol. The van der Waals surface area contributed by atoms with Crippen LogP contribution in [0.2, 0.25) is 5.02 Å². The first-order valence-electron chi connectivity index (χ1n) is 4.46. The Kier molecular flexibility index (Phi) is 4.41. The van der Waals surface area contributed by atoms with E-state index in [1.807, 2.05) is 7.05 Å². The minimum Gasteiger partial charge on any atom is -0.504 e. The standard InChI is InChI=1S/C11H11ClFNO/c1-14-5-3-2-4-8-6-9(12)7-10(13)11(8)15/h6-7,14-15H,3,5H2,1H3. The molecule has 2 N–H and O–H groups in total.